The van der Waals surface area contributed by atoms with Crippen LogP contribution in [0.5, 0.6) is 0 Å². The van der Waals surface area contributed by atoms with E-state index >= 15 is 0 Å². The maximum atomic E-state index is 12.3. The van der Waals surface area contributed by atoms with E-state index in [1.165, 1.54) is 9.80 Å². The second kappa shape index (κ2) is 6.45. The average molecular weight is 292 g/mol. The number of hydrogen-bond donors (Lipinski definition) is 2. The second-order valence-corrected chi connectivity index (χ2v) is 5.39. The molecule has 1 atom stereocenters. The zero-order valence-corrected chi connectivity index (χ0v) is 12.5. The first-order valence-electron chi connectivity index (χ1n) is 7.26. The topological polar surface area (TPSA) is 81.1 Å². The fourth-order valence-electron chi connectivity index (χ4n) is 3.02. The molecule has 7 heteroatoms. The average Bonchev–Trinajstić information content (AvgIpc) is 3.04. The van der Waals surface area contributed by atoms with Gasteiger partial charge in [0.15, 0.2) is 0 Å². The van der Waals surface area contributed by atoms with Crippen LogP contribution >= 0.6 is 0 Å². The van der Waals surface area contributed by atoms with E-state index in [1.54, 1.807) is 13.0 Å². The van der Waals surface area contributed by atoms with Gasteiger partial charge in [0.2, 0.25) is 5.91 Å². The Morgan fingerprint density at radius 2 is 2.10 bits per heavy atom. The lowest BCUT2D eigenvalue weighted by Crippen LogP contribution is -2.49. The largest absolute Gasteiger partial charge is 0.475 e. The molecule has 0 saturated carbocycles. The van der Waals surface area contributed by atoms with Gasteiger partial charge >= 0.3 is 7.12 Å². The second-order valence-electron chi connectivity index (χ2n) is 5.39. The van der Waals surface area contributed by atoms with Crippen LogP contribution in [0.2, 0.25) is 0 Å². The molecule has 1 unspecified atom stereocenters. The number of amides is 2. The third-order valence-electron chi connectivity index (χ3n) is 4.15. The first-order valence-corrected chi connectivity index (χ1v) is 7.26. The molecule has 2 heterocycles. The van der Waals surface area contributed by atoms with Gasteiger partial charge in [-0.1, -0.05) is 12.2 Å². The van der Waals surface area contributed by atoms with Crippen LogP contribution in [0, 0.1) is 0 Å². The molecule has 0 aromatic carbocycles. The van der Waals surface area contributed by atoms with Crippen LogP contribution < -0.4 is 0 Å². The van der Waals surface area contributed by atoms with Gasteiger partial charge in [-0.15, -0.1) is 0 Å². The lowest BCUT2D eigenvalue weighted by Gasteiger charge is -2.26. The number of nitrogens with zero attached hydrogens (tertiary/aromatic N) is 2. The van der Waals surface area contributed by atoms with Crippen LogP contribution in [0.25, 0.3) is 0 Å². The summed E-state index contributed by atoms with van der Waals surface area (Å²) in [6.07, 6.45) is 4.98. The van der Waals surface area contributed by atoms with Crippen molar-refractivity contribution in [3.63, 3.8) is 0 Å². The Labute approximate surface area is 124 Å². The van der Waals surface area contributed by atoms with Gasteiger partial charge in [-0.2, -0.15) is 0 Å². The summed E-state index contributed by atoms with van der Waals surface area (Å²) in [6.45, 7) is 4.60. The van der Waals surface area contributed by atoms with E-state index in [9.17, 15) is 19.6 Å². The van der Waals surface area contributed by atoms with E-state index in [1.807, 2.05) is 13.0 Å². The highest BCUT2D eigenvalue weighted by Gasteiger charge is 2.38. The van der Waals surface area contributed by atoms with Gasteiger partial charge in [-0.3, -0.25) is 9.59 Å². The third kappa shape index (κ3) is 3.03. The molecule has 0 radical (unpaired) electrons. The Hall–Kier alpha value is -1.60. The van der Waals surface area contributed by atoms with Crippen LogP contribution in [0.1, 0.15) is 26.7 Å². The highest BCUT2D eigenvalue weighted by atomic mass is 16.4. The maximum absolute atomic E-state index is 12.3. The van der Waals surface area contributed by atoms with Crippen LogP contribution in [-0.2, 0) is 9.59 Å². The number of carbonyl (C=O) groups excluding carboxylic acids is 2. The lowest BCUT2D eigenvalue weighted by atomic mass is 9.78. The first kappa shape index (κ1) is 15.8. The van der Waals surface area contributed by atoms with Crippen molar-refractivity contribution in [1.82, 2.24) is 9.80 Å². The van der Waals surface area contributed by atoms with Crippen molar-refractivity contribution in [2.45, 2.75) is 32.6 Å². The van der Waals surface area contributed by atoms with Crippen molar-refractivity contribution < 1.29 is 19.6 Å². The van der Waals surface area contributed by atoms with Crippen molar-refractivity contribution >= 4 is 18.9 Å². The van der Waals surface area contributed by atoms with E-state index in [0.29, 0.717) is 25.1 Å². The summed E-state index contributed by atoms with van der Waals surface area (Å²) >= 11 is 0. The highest BCUT2D eigenvalue weighted by Crippen LogP contribution is 2.24. The molecule has 2 rings (SSSR count). The Bertz CT molecular complexity index is 501. The molecule has 0 aromatic rings. The summed E-state index contributed by atoms with van der Waals surface area (Å²) < 4.78 is 0. The van der Waals surface area contributed by atoms with Gasteiger partial charge < -0.3 is 19.8 Å². The van der Waals surface area contributed by atoms with Crippen molar-refractivity contribution in [2.75, 3.05) is 19.6 Å². The van der Waals surface area contributed by atoms with Crippen LogP contribution in [0.3, 0.4) is 0 Å². The molecule has 2 amide bonds. The minimum absolute atomic E-state index is 0.0171. The van der Waals surface area contributed by atoms with Gasteiger partial charge in [0.05, 0.1) is 5.94 Å². The Kier molecular flexibility index (Phi) is 4.85. The molecule has 21 heavy (non-hydrogen) atoms. The standard InChI is InChI=1S/C14H21BN2O4/c1-3-10-8-16(14(19)11(10)4-2)9-13(18)17-7-5-6-12(17)15(20)21/h3-4,12,20-21H,5-9H2,1-2H3/b10-3-,11-4+. The number of carbonyl (C=O) groups is 2. The fourth-order valence-corrected chi connectivity index (χ4v) is 3.02. The number of hydrogen-bond acceptors (Lipinski definition) is 4. The monoisotopic (exact) mass is 292 g/mol. The van der Waals surface area contributed by atoms with Gasteiger partial charge in [0.25, 0.3) is 5.91 Å². The van der Waals surface area contributed by atoms with E-state index in [0.717, 1.165) is 12.0 Å². The molecule has 2 aliphatic rings. The Morgan fingerprint density at radius 1 is 1.38 bits per heavy atom. The summed E-state index contributed by atoms with van der Waals surface area (Å²) in [6, 6.07) is 0. The molecule has 0 bridgehead atoms. The number of rotatable bonds is 3. The molecule has 0 spiro atoms. The number of allylic oxidation sites excluding steroid dienone is 2. The zero-order valence-electron chi connectivity index (χ0n) is 12.5. The molecular formula is C14H21BN2O4. The van der Waals surface area contributed by atoms with Crippen LogP contribution in [0.4, 0.5) is 0 Å². The molecule has 0 aliphatic carbocycles. The summed E-state index contributed by atoms with van der Waals surface area (Å²) in [4.78, 5) is 27.5. The first-order chi connectivity index (χ1) is 9.99. The molecule has 2 fully saturated rings. The Balaban J connectivity index is 2.05. The van der Waals surface area contributed by atoms with Gasteiger partial charge in [0.1, 0.15) is 6.54 Å². The van der Waals surface area contributed by atoms with E-state index < -0.39 is 13.1 Å². The lowest BCUT2D eigenvalue weighted by molar-refractivity contribution is -0.137. The number of likely N-dealkylation sites (tertiary alicyclic amines) is 2. The molecule has 114 valence electrons. The SMILES string of the molecule is C/C=C1/CN(CC(=O)N2CCCC2B(O)O)C(=O)/C1=C/C. The molecule has 0 aromatic heterocycles. The quantitative estimate of drug-likeness (QED) is 0.554. The molecule has 2 N–H and O–H groups in total. The molecule has 2 aliphatic heterocycles. The maximum Gasteiger partial charge on any atom is 0.475 e. The minimum Gasteiger partial charge on any atom is -0.426 e. The summed E-state index contributed by atoms with van der Waals surface area (Å²) in [5.74, 6) is -0.927. The van der Waals surface area contributed by atoms with Gasteiger partial charge in [-0.05, 0) is 32.3 Å². The summed E-state index contributed by atoms with van der Waals surface area (Å²) in [7, 11) is -1.53. The normalized spacial score (nSPS) is 26.3. The minimum atomic E-state index is -1.53. The molecule has 6 nitrogen and oxygen atoms in total. The van der Waals surface area contributed by atoms with E-state index in [-0.39, 0.29) is 18.4 Å². The molecule has 2 saturated heterocycles. The highest BCUT2D eigenvalue weighted by molar-refractivity contribution is 6.43. The van der Waals surface area contributed by atoms with Crippen molar-refractivity contribution in [2.24, 2.45) is 0 Å². The van der Waals surface area contributed by atoms with Crippen molar-refractivity contribution in [1.29, 1.82) is 0 Å². The summed E-state index contributed by atoms with van der Waals surface area (Å²) in [5, 5.41) is 18.6. The Morgan fingerprint density at radius 3 is 2.62 bits per heavy atom. The molecular weight excluding hydrogens is 271 g/mol. The summed E-state index contributed by atoms with van der Waals surface area (Å²) in [5.41, 5.74) is 1.57. The predicted molar refractivity (Wildman–Crippen MR) is 79.0 cm³/mol. The smallest absolute Gasteiger partial charge is 0.426 e. The van der Waals surface area contributed by atoms with Crippen LogP contribution in [-0.4, -0.2) is 64.4 Å². The van der Waals surface area contributed by atoms with Gasteiger partial charge in [-0.25, -0.2) is 0 Å². The third-order valence-corrected chi connectivity index (χ3v) is 4.15. The fraction of sp³-hybridized carbons (Fsp3) is 0.571. The predicted octanol–water partition coefficient (Wildman–Crippen LogP) is -0.276. The van der Waals surface area contributed by atoms with Crippen LogP contribution in [0.15, 0.2) is 23.3 Å². The van der Waals surface area contributed by atoms with Crippen molar-refractivity contribution in [3.05, 3.63) is 23.3 Å². The zero-order chi connectivity index (χ0) is 15.6. The van der Waals surface area contributed by atoms with Gasteiger partial charge in [0, 0.05) is 18.7 Å². The van der Waals surface area contributed by atoms with Crippen molar-refractivity contribution in [3.8, 4) is 0 Å². The van der Waals surface area contributed by atoms with E-state index in [2.05, 4.69) is 0 Å². The van der Waals surface area contributed by atoms with E-state index in [4.69, 9.17) is 0 Å².